The highest BCUT2D eigenvalue weighted by Crippen LogP contribution is 2.20. The zero-order valence-corrected chi connectivity index (χ0v) is 17.2. The second kappa shape index (κ2) is 8.65. The fourth-order valence-electron chi connectivity index (χ4n) is 3.14. The van der Waals surface area contributed by atoms with Crippen molar-refractivity contribution < 1.29 is 17.6 Å². The number of halogens is 1. The van der Waals surface area contributed by atoms with Crippen molar-refractivity contribution in [1.82, 2.24) is 14.8 Å². The molecule has 0 fully saturated rings. The third kappa shape index (κ3) is 5.13. The molecule has 4 rings (SSSR count). The lowest BCUT2D eigenvalue weighted by Crippen LogP contribution is -2.18. The normalized spacial score (nSPS) is 11.5. The Morgan fingerprint density at radius 3 is 2.61 bits per heavy atom. The van der Waals surface area contributed by atoms with Crippen LogP contribution in [0.4, 0.5) is 10.3 Å². The van der Waals surface area contributed by atoms with Crippen LogP contribution in [0.2, 0.25) is 0 Å². The Kier molecular flexibility index (Phi) is 5.77. The zero-order valence-electron chi connectivity index (χ0n) is 16.4. The second-order valence-corrected chi connectivity index (χ2v) is 9.13. The predicted molar refractivity (Wildman–Crippen MR) is 115 cm³/mol. The second-order valence-electron chi connectivity index (χ2n) is 7.02. The van der Waals surface area contributed by atoms with E-state index in [1.165, 1.54) is 23.1 Å². The van der Waals surface area contributed by atoms with Crippen LogP contribution >= 0.6 is 0 Å². The molecule has 0 unspecified atom stereocenters. The van der Waals surface area contributed by atoms with E-state index in [2.05, 4.69) is 15.4 Å². The highest BCUT2D eigenvalue weighted by Gasteiger charge is 2.18. The van der Waals surface area contributed by atoms with Gasteiger partial charge in [-0.1, -0.05) is 42.5 Å². The van der Waals surface area contributed by atoms with Gasteiger partial charge in [0.1, 0.15) is 12.1 Å². The van der Waals surface area contributed by atoms with Gasteiger partial charge in [-0.15, -0.1) is 5.10 Å². The first-order chi connectivity index (χ1) is 14.9. The largest absolute Gasteiger partial charge is 0.293 e. The highest BCUT2D eigenvalue weighted by atomic mass is 32.2. The van der Waals surface area contributed by atoms with Gasteiger partial charge in [-0.25, -0.2) is 22.5 Å². The molecule has 0 saturated carbocycles. The summed E-state index contributed by atoms with van der Waals surface area (Å²) in [7, 11) is -3.62. The van der Waals surface area contributed by atoms with Crippen LogP contribution < -0.4 is 5.32 Å². The van der Waals surface area contributed by atoms with Crippen LogP contribution in [0.3, 0.4) is 0 Å². The molecule has 0 saturated heterocycles. The quantitative estimate of drug-likeness (QED) is 0.477. The molecule has 0 bridgehead atoms. The number of hydrogen-bond donors (Lipinski definition) is 1. The van der Waals surface area contributed by atoms with E-state index in [-0.39, 0.29) is 35.4 Å². The molecule has 0 aliphatic carbocycles. The fourth-order valence-corrected chi connectivity index (χ4v) is 4.42. The summed E-state index contributed by atoms with van der Waals surface area (Å²) in [4.78, 5) is 16.4. The number of carbonyl (C=O) groups is 1. The SMILES string of the molecule is O=C(CCS(=O)(=O)c1ccc2ccccc2c1)Nc1ncn(Cc2cccc(F)c2)n1. The maximum Gasteiger partial charge on any atom is 0.248 e. The lowest BCUT2D eigenvalue weighted by molar-refractivity contribution is -0.115. The highest BCUT2D eigenvalue weighted by molar-refractivity contribution is 7.91. The van der Waals surface area contributed by atoms with Gasteiger partial charge in [-0.2, -0.15) is 0 Å². The summed E-state index contributed by atoms with van der Waals surface area (Å²) in [6.45, 7) is 0.289. The number of aromatic nitrogens is 3. The predicted octanol–water partition coefficient (Wildman–Crippen LogP) is 3.42. The average Bonchev–Trinajstić information content (AvgIpc) is 3.18. The number of fused-ring (bicyclic) bond motifs is 1. The van der Waals surface area contributed by atoms with Gasteiger partial charge in [0.05, 0.1) is 17.2 Å². The van der Waals surface area contributed by atoms with E-state index in [0.29, 0.717) is 5.56 Å². The minimum absolute atomic E-state index is 0.0597. The van der Waals surface area contributed by atoms with Crippen molar-refractivity contribution in [2.24, 2.45) is 0 Å². The average molecular weight is 438 g/mol. The van der Waals surface area contributed by atoms with Gasteiger partial charge in [0.25, 0.3) is 0 Å². The smallest absolute Gasteiger partial charge is 0.248 e. The maximum absolute atomic E-state index is 13.3. The van der Waals surface area contributed by atoms with Crippen LogP contribution in [-0.4, -0.2) is 34.8 Å². The first-order valence-electron chi connectivity index (χ1n) is 9.54. The van der Waals surface area contributed by atoms with Gasteiger partial charge in [0.15, 0.2) is 9.84 Å². The Hall–Kier alpha value is -3.59. The van der Waals surface area contributed by atoms with Crippen molar-refractivity contribution in [2.45, 2.75) is 17.9 Å². The van der Waals surface area contributed by atoms with Crippen molar-refractivity contribution in [3.8, 4) is 0 Å². The van der Waals surface area contributed by atoms with Gasteiger partial charge in [-0.05, 0) is 40.6 Å². The maximum atomic E-state index is 13.3. The molecule has 7 nitrogen and oxygen atoms in total. The Labute approximate surface area is 178 Å². The van der Waals surface area contributed by atoms with E-state index in [4.69, 9.17) is 0 Å². The molecule has 9 heteroatoms. The van der Waals surface area contributed by atoms with Gasteiger partial charge < -0.3 is 0 Å². The molecule has 0 aliphatic rings. The van der Waals surface area contributed by atoms with Crippen molar-refractivity contribution >= 4 is 32.5 Å². The summed E-state index contributed by atoms with van der Waals surface area (Å²) in [6.07, 6.45) is 1.18. The number of carbonyl (C=O) groups excluding carboxylic acids is 1. The Balaban J connectivity index is 1.36. The van der Waals surface area contributed by atoms with Crippen LogP contribution in [0.25, 0.3) is 10.8 Å². The monoisotopic (exact) mass is 438 g/mol. The molecule has 0 radical (unpaired) electrons. The molecule has 1 N–H and O–H groups in total. The Morgan fingerprint density at radius 1 is 1.00 bits per heavy atom. The minimum atomic E-state index is -3.62. The molecule has 1 aromatic heterocycles. The minimum Gasteiger partial charge on any atom is -0.293 e. The van der Waals surface area contributed by atoms with Gasteiger partial charge in [-0.3, -0.25) is 10.1 Å². The van der Waals surface area contributed by atoms with Gasteiger partial charge in [0.2, 0.25) is 11.9 Å². The molecule has 31 heavy (non-hydrogen) atoms. The summed E-state index contributed by atoms with van der Waals surface area (Å²) in [5.74, 6) is -1.13. The number of sulfone groups is 1. The number of benzene rings is 3. The molecule has 158 valence electrons. The third-order valence-electron chi connectivity index (χ3n) is 4.70. The molecule has 1 amide bonds. The van der Waals surface area contributed by atoms with Crippen LogP contribution in [0.1, 0.15) is 12.0 Å². The molecule has 1 heterocycles. The van der Waals surface area contributed by atoms with E-state index in [9.17, 15) is 17.6 Å². The standard InChI is InChI=1S/C22H19FN4O3S/c23-19-7-3-4-16(12-19)14-27-15-24-22(26-27)25-21(28)10-11-31(29,30)20-9-8-17-5-1-2-6-18(17)13-20/h1-9,12-13,15H,10-11,14H2,(H,25,26,28). The molecule has 0 aliphatic heterocycles. The Bertz CT molecular complexity index is 1350. The van der Waals surface area contributed by atoms with Crippen LogP contribution in [0, 0.1) is 5.82 Å². The number of rotatable bonds is 7. The van der Waals surface area contributed by atoms with Crippen LogP contribution in [0.15, 0.2) is 78.0 Å². The lowest BCUT2D eigenvalue weighted by atomic mass is 10.1. The summed E-state index contributed by atoms with van der Waals surface area (Å²) in [5, 5.41) is 8.37. The molecule has 0 atom stereocenters. The van der Waals surface area contributed by atoms with Crippen LogP contribution in [-0.2, 0) is 21.2 Å². The summed E-state index contributed by atoms with van der Waals surface area (Å²) in [6, 6.07) is 18.5. The van der Waals surface area contributed by atoms with Crippen molar-refractivity contribution in [1.29, 1.82) is 0 Å². The first-order valence-corrected chi connectivity index (χ1v) is 11.2. The van der Waals surface area contributed by atoms with Crippen LogP contribution in [0.5, 0.6) is 0 Å². The van der Waals surface area contributed by atoms with Crippen molar-refractivity contribution in [2.75, 3.05) is 11.1 Å². The van der Waals surface area contributed by atoms with E-state index in [1.54, 1.807) is 30.3 Å². The number of amides is 1. The van der Waals surface area contributed by atoms with Crippen molar-refractivity contribution in [3.05, 3.63) is 84.4 Å². The molecule has 0 spiro atoms. The molecule has 3 aromatic carbocycles. The number of nitrogens with one attached hydrogen (secondary N) is 1. The van der Waals surface area contributed by atoms with E-state index < -0.39 is 15.7 Å². The lowest BCUT2D eigenvalue weighted by Gasteiger charge is -2.06. The first kappa shape index (κ1) is 20.7. The molecular weight excluding hydrogens is 419 g/mol. The Morgan fingerprint density at radius 2 is 1.81 bits per heavy atom. The topological polar surface area (TPSA) is 94.0 Å². The summed E-state index contributed by atoms with van der Waals surface area (Å²) < 4.78 is 40.0. The van der Waals surface area contributed by atoms with Gasteiger partial charge >= 0.3 is 0 Å². The van der Waals surface area contributed by atoms with Crippen molar-refractivity contribution in [3.63, 3.8) is 0 Å². The summed E-state index contributed by atoms with van der Waals surface area (Å²) in [5.41, 5.74) is 0.698. The van der Waals surface area contributed by atoms with E-state index in [1.807, 2.05) is 24.3 Å². The number of anilines is 1. The van der Waals surface area contributed by atoms with E-state index in [0.717, 1.165) is 10.8 Å². The van der Waals surface area contributed by atoms with Gasteiger partial charge in [0, 0.05) is 6.42 Å². The fraction of sp³-hybridized carbons (Fsp3) is 0.136. The molecule has 4 aromatic rings. The number of hydrogen-bond acceptors (Lipinski definition) is 5. The molecular formula is C22H19FN4O3S. The third-order valence-corrected chi connectivity index (χ3v) is 6.41. The zero-order chi connectivity index (χ0) is 21.8. The summed E-state index contributed by atoms with van der Waals surface area (Å²) >= 11 is 0. The van der Waals surface area contributed by atoms with E-state index >= 15 is 0 Å². The number of nitrogens with zero attached hydrogens (tertiary/aromatic N) is 3.